The number of anilines is 1. The number of unbranched alkanes of at least 4 members (excludes halogenated alkanes) is 1. The Bertz CT molecular complexity index is 489. The summed E-state index contributed by atoms with van der Waals surface area (Å²) >= 11 is 0. The van der Waals surface area contributed by atoms with Gasteiger partial charge in [-0.2, -0.15) is 0 Å². The van der Waals surface area contributed by atoms with Crippen molar-refractivity contribution >= 4 is 11.8 Å². The first-order chi connectivity index (χ1) is 10.1. The average molecular weight is 298 g/mol. The van der Waals surface area contributed by atoms with Crippen LogP contribution in [-0.4, -0.2) is 43.8 Å². The number of nitrogens with zero attached hydrogens (tertiary/aromatic N) is 2. The van der Waals surface area contributed by atoms with Crippen molar-refractivity contribution in [3.63, 3.8) is 0 Å². The molecule has 0 bridgehead atoms. The first-order valence-electron chi connectivity index (χ1n) is 7.23. The summed E-state index contributed by atoms with van der Waals surface area (Å²) in [4.78, 5) is 15.4. The van der Waals surface area contributed by atoms with Crippen molar-refractivity contribution in [1.82, 2.24) is 4.90 Å². The maximum atomic E-state index is 13.2. The van der Waals surface area contributed by atoms with E-state index in [0.29, 0.717) is 38.5 Å². The second kappa shape index (κ2) is 7.24. The lowest BCUT2D eigenvalue weighted by molar-refractivity contribution is 0.0989. The number of benzene rings is 1. The molecule has 1 aliphatic heterocycles. The second-order valence-corrected chi connectivity index (χ2v) is 5.04. The van der Waals surface area contributed by atoms with Gasteiger partial charge in [0.25, 0.3) is 0 Å². The molecule has 0 N–H and O–H groups in total. The molecule has 1 amide bonds. The highest BCUT2D eigenvalue weighted by Gasteiger charge is 2.22. The van der Waals surface area contributed by atoms with Gasteiger partial charge in [-0.1, -0.05) is 13.3 Å². The Morgan fingerprint density at radius 1 is 1.19 bits per heavy atom. The van der Waals surface area contributed by atoms with E-state index in [9.17, 15) is 13.6 Å². The van der Waals surface area contributed by atoms with E-state index in [-0.39, 0.29) is 6.09 Å². The van der Waals surface area contributed by atoms with Crippen LogP contribution in [0.1, 0.15) is 19.8 Å². The molecule has 1 fully saturated rings. The molecule has 1 aromatic carbocycles. The van der Waals surface area contributed by atoms with Crippen molar-refractivity contribution in [1.29, 1.82) is 0 Å². The van der Waals surface area contributed by atoms with E-state index in [1.54, 1.807) is 11.0 Å². The maximum Gasteiger partial charge on any atom is 0.409 e. The highest BCUT2D eigenvalue weighted by Crippen LogP contribution is 2.19. The molecule has 1 saturated heterocycles. The first-order valence-corrected chi connectivity index (χ1v) is 7.23. The van der Waals surface area contributed by atoms with E-state index in [2.05, 4.69) is 0 Å². The highest BCUT2D eigenvalue weighted by atomic mass is 19.2. The minimum Gasteiger partial charge on any atom is -0.449 e. The number of hydrogen-bond acceptors (Lipinski definition) is 3. The monoisotopic (exact) mass is 298 g/mol. The van der Waals surface area contributed by atoms with Crippen LogP contribution in [0.2, 0.25) is 0 Å². The van der Waals surface area contributed by atoms with Crippen molar-refractivity contribution in [3.8, 4) is 0 Å². The molecule has 0 aromatic heterocycles. The van der Waals surface area contributed by atoms with E-state index in [1.807, 2.05) is 11.8 Å². The third-order valence-corrected chi connectivity index (χ3v) is 3.53. The zero-order chi connectivity index (χ0) is 15.2. The third kappa shape index (κ3) is 4.06. The molecular weight excluding hydrogens is 278 g/mol. The summed E-state index contributed by atoms with van der Waals surface area (Å²) < 4.78 is 31.3. The first kappa shape index (κ1) is 15.5. The van der Waals surface area contributed by atoms with E-state index < -0.39 is 11.6 Å². The SMILES string of the molecule is CCCCOC(=O)N1CCN(c2ccc(F)c(F)c2)CC1. The molecule has 6 heteroatoms. The summed E-state index contributed by atoms with van der Waals surface area (Å²) in [6.45, 7) is 4.67. The zero-order valence-electron chi connectivity index (χ0n) is 12.1. The predicted molar refractivity (Wildman–Crippen MR) is 76.4 cm³/mol. The lowest BCUT2D eigenvalue weighted by Crippen LogP contribution is -2.49. The second-order valence-electron chi connectivity index (χ2n) is 5.04. The van der Waals surface area contributed by atoms with Gasteiger partial charge in [0.05, 0.1) is 6.61 Å². The summed E-state index contributed by atoms with van der Waals surface area (Å²) in [5, 5.41) is 0. The summed E-state index contributed by atoms with van der Waals surface area (Å²) in [5.41, 5.74) is 0.632. The molecule has 4 nitrogen and oxygen atoms in total. The minimum absolute atomic E-state index is 0.298. The van der Waals surface area contributed by atoms with E-state index in [0.717, 1.165) is 18.9 Å². The molecule has 116 valence electrons. The average Bonchev–Trinajstić information content (AvgIpc) is 2.50. The Hall–Kier alpha value is -1.85. The van der Waals surface area contributed by atoms with Crippen molar-refractivity contribution < 1.29 is 18.3 Å². The minimum atomic E-state index is -0.853. The quantitative estimate of drug-likeness (QED) is 0.801. The normalized spacial score (nSPS) is 15.2. The van der Waals surface area contributed by atoms with Gasteiger partial charge in [0.1, 0.15) is 0 Å². The molecule has 2 rings (SSSR count). The fraction of sp³-hybridized carbons (Fsp3) is 0.533. The van der Waals surface area contributed by atoms with Crippen LogP contribution in [0, 0.1) is 11.6 Å². The maximum absolute atomic E-state index is 13.2. The highest BCUT2D eigenvalue weighted by molar-refractivity contribution is 5.68. The van der Waals surface area contributed by atoms with Crippen LogP contribution >= 0.6 is 0 Å². The summed E-state index contributed by atoms with van der Waals surface area (Å²) in [5.74, 6) is -1.70. The van der Waals surface area contributed by atoms with Crippen molar-refractivity contribution in [2.75, 3.05) is 37.7 Å². The van der Waals surface area contributed by atoms with Gasteiger partial charge in [-0.25, -0.2) is 13.6 Å². The molecule has 0 aliphatic carbocycles. The Kier molecular flexibility index (Phi) is 5.36. The van der Waals surface area contributed by atoms with E-state index in [4.69, 9.17) is 4.74 Å². The van der Waals surface area contributed by atoms with Crippen molar-refractivity contribution in [3.05, 3.63) is 29.8 Å². The van der Waals surface area contributed by atoms with Gasteiger partial charge in [-0.3, -0.25) is 0 Å². The number of carbonyl (C=O) groups is 1. The van der Waals surface area contributed by atoms with Gasteiger partial charge in [0.2, 0.25) is 0 Å². The van der Waals surface area contributed by atoms with Crippen LogP contribution in [0.5, 0.6) is 0 Å². The van der Waals surface area contributed by atoms with E-state index in [1.165, 1.54) is 6.07 Å². The summed E-state index contributed by atoms with van der Waals surface area (Å²) in [7, 11) is 0. The molecule has 0 atom stereocenters. The van der Waals surface area contributed by atoms with Crippen LogP contribution < -0.4 is 4.90 Å². The third-order valence-electron chi connectivity index (χ3n) is 3.53. The smallest absolute Gasteiger partial charge is 0.409 e. The number of piperazine rings is 1. The molecule has 1 aromatic rings. The molecule has 0 spiro atoms. The molecule has 0 saturated carbocycles. The summed E-state index contributed by atoms with van der Waals surface area (Å²) in [6, 6.07) is 3.86. The number of rotatable bonds is 4. The fourth-order valence-corrected chi connectivity index (χ4v) is 2.22. The number of ether oxygens (including phenoxy) is 1. The zero-order valence-corrected chi connectivity index (χ0v) is 12.1. The lowest BCUT2D eigenvalue weighted by Gasteiger charge is -2.35. The molecule has 0 unspecified atom stereocenters. The summed E-state index contributed by atoms with van der Waals surface area (Å²) in [6.07, 6.45) is 1.55. The van der Waals surface area contributed by atoms with Gasteiger partial charge >= 0.3 is 6.09 Å². The number of hydrogen-bond donors (Lipinski definition) is 0. The van der Waals surface area contributed by atoms with Gasteiger partial charge < -0.3 is 14.5 Å². The largest absolute Gasteiger partial charge is 0.449 e. The van der Waals surface area contributed by atoms with Crippen LogP contribution in [0.4, 0.5) is 19.3 Å². The molecule has 0 radical (unpaired) electrons. The molecule has 1 aliphatic rings. The van der Waals surface area contributed by atoms with E-state index >= 15 is 0 Å². The molecule has 1 heterocycles. The Morgan fingerprint density at radius 3 is 2.52 bits per heavy atom. The van der Waals surface area contributed by atoms with Gasteiger partial charge in [0.15, 0.2) is 11.6 Å². The molecule has 21 heavy (non-hydrogen) atoms. The Labute approximate surface area is 123 Å². The predicted octanol–water partition coefficient (Wildman–Crippen LogP) is 3.02. The molecular formula is C15H20F2N2O2. The van der Waals surface area contributed by atoms with Crippen LogP contribution in [0.25, 0.3) is 0 Å². The van der Waals surface area contributed by atoms with Crippen LogP contribution in [0.15, 0.2) is 18.2 Å². The number of amides is 1. The van der Waals surface area contributed by atoms with Gasteiger partial charge in [-0.05, 0) is 18.6 Å². The Morgan fingerprint density at radius 2 is 1.90 bits per heavy atom. The van der Waals surface area contributed by atoms with Crippen molar-refractivity contribution in [2.45, 2.75) is 19.8 Å². The van der Waals surface area contributed by atoms with Crippen molar-refractivity contribution in [2.24, 2.45) is 0 Å². The number of halogens is 2. The topological polar surface area (TPSA) is 32.8 Å². The van der Waals surface area contributed by atoms with Gasteiger partial charge in [-0.15, -0.1) is 0 Å². The fourth-order valence-electron chi connectivity index (χ4n) is 2.22. The Balaban J connectivity index is 1.85. The van der Waals surface area contributed by atoms with Crippen LogP contribution in [-0.2, 0) is 4.74 Å². The lowest BCUT2D eigenvalue weighted by atomic mass is 10.2. The van der Waals surface area contributed by atoms with Gasteiger partial charge in [0, 0.05) is 37.9 Å². The van der Waals surface area contributed by atoms with Crippen LogP contribution in [0.3, 0.4) is 0 Å². The standard InChI is InChI=1S/C15H20F2N2O2/c1-2-3-10-21-15(20)19-8-6-18(7-9-19)12-4-5-13(16)14(17)11-12/h4-5,11H,2-3,6-10H2,1H3. The number of carbonyl (C=O) groups excluding carboxylic acids is 1.